The van der Waals surface area contributed by atoms with Gasteiger partial charge in [-0.2, -0.15) is 8.42 Å². The van der Waals surface area contributed by atoms with Gasteiger partial charge in [-0.15, -0.1) is 0 Å². The second-order valence-corrected chi connectivity index (χ2v) is 7.01. The van der Waals surface area contributed by atoms with Gasteiger partial charge in [0.15, 0.2) is 0 Å². The first-order valence-corrected chi connectivity index (χ1v) is 8.40. The van der Waals surface area contributed by atoms with Crippen molar-refractivity contribution in [2.75, 3.05) is 0 Å². The highest BCUT2D eigenvalue weighted by Crippen LogP contribution is 2.18. The zero-order valence-electron chi connectivity index (χ0n) is 11.9. The number of rotatable bonds is 5. The summed E-state index contributed by atoms with van der Waals surface area (Å²) in [5, 5.41) is 0.652. The van der Waals surface area contributed by atoms with Crippen molar-refractivity contribution in [2.24, 2.45) is 0 Å². The molecule has 2 aromatic carbocycles. The van der Waals surface area contributed by atoms with E-state index in [1.165, 1.54) is 0 Å². The Balaban J connectivity index is 2.05. The van der Waals surface area contributed by atoms with Gasteiger partial charge in [0.05, 0.1) is 11.0 Å². The predicted molar refractivity (Wildman–Crippen MR) is 84.1 cm³/mol. The standard InChI is InChI=1S/C16H17ClO3S/c1-12-3-9-16(10-4-12)21(18,19)20-13(2)11-14-5-7-15(17)8-6-14/h3-10,13H,11H2,1-2H3. The predicted octanol–water partition coefficient (Wildman–Crippen LogP) is 3.98. The molecule has 1 unspecified atom stereocenters. The van der Waals surface area contributed by atoms with E-state index in [0.29, 0.717) is 11.4 Å². The summed E-state index contributed by atoms with van der Waals surface area (Å²) in [6, 6.07) is 13.9. The molecular formula is C16H17ClO3S. The van der Waals surface area contributed by atoms with Gasteiger partial charge < -0.3 is 0 Å². The second kappa shape index (κ2) is 6.60. The van der Waals surface area contributed by atoms with E-state index >= 15 is 0 Å². The number of hydrogen-bond donors (Lipinski definition) is 0. The lowest BCUT2D eigenvalue weighted by Gasteiger charge is -2.13. The minimum atomic E-state index is -3.73. The van der Waals surface area contributed by atoms with Crippen LogP contribution in [0.4, 0.5) is 0 Å². The van der Waals surface area contributed by atoms with Crippen LogP contribution < -0.4 is 0 Å². The van der Waals surface area contributed by atoms with Crippen LogP contribution in [0.5, 0.6) is 0 Å². The highest BCUT2D eigenvalue weighted by Gasteiger charge is 2.19. The molecule has 2 aromatic rings. The van der Waals surface area contributed by atoms with Gasteiger partial charge in [-0.1, -0.05) is 41.4 Å². The van der Waals surface area contributed by atoms with Gasteiger partial charge in [0.1, 0.15) is 0 Å². The van der Waals surface area contributed by atoms with Crippen LogP contribution in [0.25, 0.3) is 0 Å². The van der Waals surface area contributed by atoms with Gasteiger partial charge in [-0.25, -0.2) is 0 Å². The molecule has 0 saturated carbocycles. The average Bonchev–Trinajstić information content (AvgIpc) is 2.41. The summed E-state index contributed by atoms with van der Waals surface area (Å²) in [7, 11) is -3.73. The van der Waals surface area contributed by atoms with Crippen LogP contribution in [0, 0.1) is 6.92 Å². The summed E-state index contributed by atoms with van der Waals surface area (Å²) in [4.78, 5) is 0.177. The van der Waals surface area contributed by atoms with Crippen LogP contribution in [-0.2, 0) is 20.7 Å². The summed E-state index contributed by atoms with van der Waals surface area (Å²) in [5.41, 5.74) is 1.98. The molecule has 0 N–H and O–H groups in total. The molecule has 5 heteroatoms. The molecule has 0 aromatic heterocycles. The molecule has 0 saturated heterocycles. The van der Waals surface area contributed by atoms with Crippen LogP contribution >= 0.6 is 11.6 Å². The van der Waals surface area contributed by atoms with Crippen LogP contribution in [0.2, 0.25) is 5.02 Å². The molecule has 0 aliphatic rings. The fourth-order valence-corrected chi connectivity index (χ4v) is 3.17. The Labute approximate surface area is 130 Å². The van der Waals surface area contributed by atoms with Crippen LogP contribution in [0.3, 0.4) is 0 Å². The Hall–Kier alpha value is -1.36. The van der Waals surface area contributed by atoms with Crippen molar-refractivity contribution < 1.29 is 12.6 Å². The highest BCUT2D eigenvalue weighted by molar-refractivity contribution is 7.86. The first-order chi connectivity index (χ1) is 9.87. The molecule has 0 radical (unpaired) electrons. The van der Waals surface area contributed by atoms with E-state index in [1.54, 1.807) is 43.3 Å². The number of benzene rings is 2. The van der Waals surface area contributed by atoms with Gasteiger partial charge in [0.25, 0.3) is 10.1 Å². The molecule has 0 amide bonds. The quantitative estimate of drug-likeness (QED) is 0.781. The minimum Gasteiger partial charge on any atom is -0.263 e. The number of hydrogen-bond acceptors (Lipinski definition) is 3. The van der Waals surface area contributed by atoms with Crippen molar-refractivity contribution in [1.82, 2.24) is 0 Å². The molecule has 2 rings (SSSR count). The molecule has 21 heavy (non-hydrogen) atoms. The molecule has 0 spiro atoms. The molecule has 1 atom stereocenters. The summed E-state index contributed by atoms with van der Waals surface area (Å²) in [6.07, 6.45) is 0.0555. The lowest BCUT2D eigenvalue weighted by Crippen LogP contribution is -2.17. The van der Waals surface area contributed by atoms with Crippen molar-refractivity contribution in [1.29, 1.82) is 0 Å². The maximum atomic E-state index is 12.2. The van der Waals surface area contributed by atoms with E-state index in [9.17, 15) is 8.42 Å². The fraction of sp³-hybridized carbons (Fsp3) is 0.250. The topological polar surface area (TPSA) is 43.4 Å². The van der Waals surface area contributed by atoms with Crippen molar-refractivity contribution in [2.45, 2.75) is 31.3 Å². The minimum absolute atomic E-state index is 0.177. The Bertz CT molecular complexity index is 691. The molecule has 0 aliphatic carbocycles. The monoisotopic (exact) mass is 324 g/mol. The lowest BCUT2D eigenvalue weighted by atomic mass is 10.1. The molecule has 3 nitrogen and oxygen atoms in total. The molecular weight excluding hydrogens is 308 g/mol. The van der Waals surface area contributed by atoms with Crippen molar-refractivity contribution in [3.63, 3.8) is 0 Å². The SMILES string of the molecule is Cc1ccc(S(=O)(=O)OC(C)Cc2ccc(Cl)cc2)cc1. The van der Waals surface area contributed by atoms with Gasteiger partial charge >= 0.3 is 0 Å². The van der Waals surface area contributed by atoms with Crippen molar-refractivity contribution >= 4 is 21.7 Å². The third-order valence-corrected chi connectivity index (χ3v) is 4.72. The summed E-state index contributed by atoms with van der Waals surface area (Å²) in [6.45, 7) is 3.64. The van der Waals surface area contributed by atoms with Gasteiger partial charge in [0.2, 0.25) is 0 Å². The lowest BCUT2D eigenvalue weighted by molar-refractivity contribution is 0.229. The normalized spacial score (nSPS) is 13.1. The van der Waals surface area contributed by atoms with E-state index in [2.05, 4.69) is 0 Å². The van der Waals surface area contributed by atoms with Crippen molar-refractivity contribution in [3.8, 4) is 0 Å². The highest BCUT2D eigenvalue weighted by atomic mass is 35.5. The van der Waals surface area contributed by atoms with Crippen molar-refractivity contribution in [3.05, 3.63) is 64.7 Å². The van der Waals surface area contributed by atoms with E-state index < -0.39 is 16.2 Å². The molecule has 0 heterocycles. The third-order valence-electron chi connectivity index (χ3n) is 3.04. The van der Waals surface area contributed by atoms with Gasteiger partial charge in [0, 0.05) is 5.02 Å². The van der Waals surface area contributed by atoms with E-state index in [4.69, 9.17) is 15.8 Å². The zero-order valence-corrected chi connectivity index (χ0v) is 13.5. The first-order valence-electron chi connectivity index (χ1n) is 6.61. The maximum absolute atomic E-state index is 12.2. The molecule has 112 valence electrons. The Morgan fingerprint density at radius 2 is 1.62 bits per heavy atom. The van der Waals surface area contributed by atoms with Gasteiger partial charge in [-0.05, 0) is 50.1 Å². The molecule has 0 bridgehead atoms. The van der Waals surface area contributed by atoms with E-state index in [1.807, 2.05) is 19.1 Å². The smallest absolute Gasteiger partial charge is 0.263 e. The van der Waals surface area contributed by atoms with Gasteiger partial charge in [-0.3, -0.25) is 4.18 Å². The van der Waals surface area contributed by atoms with E-state index in [-0.39, 0.29) is 4.90 Å². The number of aryl methyl sites for hydroxylation is 1. The zero-order chi connectivity index (χ0) is 15.5. The first kappa shape index (κ1) is 16.0. The maximum Gasteiger partial charge on any atom is 0.297 e. The second-order valence-electron chi connectivity index (χ2n) is 5.00. The fourth-order valence-electron chi connectivity index (χ4n) is 1.96. The molecule has 0 aliphatic heterocycles. The Morgan fingerprint density at radius 1 is 1.05 bits per heavy atom. The Kier molecular flexibility index (Phi) is 5.04. The van der Waals surface area contributed by atoms with Crippen LogP contribution in [0.15, 0.2) is 53.4 Å². The van der Waals surface area contributed by atoms with E-state index in [0.717, 1.165) is 11.1 Å². The largest absolute Gasteiger partial charge is 0.297 e. The summed E-state index contributed by atoms with van der Waals surface area (Å²) < 4.78 is 29.5. The Morgan fingerprint density at radius 3 is 2.19 bits per heavy atom. The summed E-state index contributed by atoms with van der Waals surface area (Å²) >= 11 is 5.82. The molecule has 0 fully saturated rings. The summed E-state index contributed by atoms with van der Waals surface area (Å²) in [5.74, 6) is 0. The van der Waals surface area contributed by atoms with Crippen LogP contribution in [0.1, 0.15) is 18.1 Å². The average molecular weight is 325 g/mol. The number of halogens is 1. The third kappa shape index (κ3) is 4.56. The van der Waals surface area contributed by atoms with Crippen LogP contribution in [-0.4, -0.2) is 14.5 Å².